The molecule has 19 nitrogen and oxygen atoms in total. The largest absolute Gasteiger partial charge is 0.453 e. The van der Waals surface area contributed by atoms with E-state index in [0.717, 1.165) is 16.7 Å². The van der Waals surface area contributed by atoms with Crippen LogP contribution in [0.25, 0.3) is 10.4 Å². The van der Waals surface area contributed by atoms with Crippen molar-refractivity contribution in [1.82, 2.24) is 0 Å². The second kappa shape index (κ2) is 28.0. The summed E-state index contributed by atoms with van der Waals surface area (Å²) in [5.41, 5.74) is 14.5. The number of halogens is 3. The molecule has 5 aliphatic rings. The van der Waals surface area contributed by atoms with Gasteiger partial charge in [0.05, 0.1) is 44.7 Å². The summed E-state index contributed by atoms with van der Waals surface area (Å²) in [6, 6.07) is 54.4. The van der Waals surface area contributed by atoms with Crippen LogP contribution in [0.2, 0.25) is 0 Å². The van der Waals surface area contributed by atoms with Gasteiger partial charge in [-0.3, -0.25) is 5.41 Å². The van der Waals surface area contributed by atoms with Gasteiger partial charge in [0.15, 0.2) is 37.4 Å². The summed E-state index contributed by atoms with van der Waals surface area (Å²) < 4.78 is 92.2. The second-order valence-corrected chi connectivity index (χ2v) is 22.8. The first-order valence-electron chi connectivity index (χ1n) is 27.5. The summed E-state index contributed by atoms with van der Waals surface area (Å²) in [6.07, 6.45) is -18.7. The van der Waals surface area contributed by atoms with E-state index in [0.29, 0.717) is 11.1 Å². The van der Waals surface area contributed by atoms with Crippen molar-refractivity contribution in [3.63, 3.8) is 0 Å². The zero-order valence-corrected chi connectivity index (χ0v) is 47.5. The van der Waals surface area contributed by atoms with E-state index in [4.69, 9.17) is 107 Å². The Balaban J connectivity index is 1.03. The van der Waals surface area contributed by atoms with Gasteiger partial charge >= 0.3 is 5.97 Å². The first kappa shape index (κ1) is 59.7. The zero-order valence-electron chi connectivity index (χ0n) is 45.3. The normalized spacial score (nSPS) is 31.3. The van der Waals surface area contributed by atoms with E-state index in [9.17, 15) is 10.3 Å². The molecular formula is C62H61Cl3N4O15. The topological polar surface area (TPSA) is 219 Å². The molecule has 440 valence electrons. The van der Waals surface area contributed by atoms with Gasteiger partial charge in [-0.1, -0.05) is 210 Å². The van der Waals surface area contributed by atoms with E-state index in [2.05, 4.69) is 10.0 Å². The second-order valence-electron chi connectivity index (χ2n) is 20.5. The third-order valence-corrected chi connectivity index (χ3v) is 15.3. The number of hydrogen-bond acceptors (Lipinski definition) is 17. The van der Waals surface area contributed by atoms with E-state index < -0.39 is 120 Å². The summed E-state index contributed by atoms with van der Waals surface area (Å²) >= 11 is 18.5. The van der Waals surface area contributed by atoms with Crippen molar-refractivity contribution < 1.29 is 71.1 Å². The Kier molecular flexibility index (Phi) is 19.9. The highest BCUT2D eigenvalue weighted by molar-refractivity contribution is 6.76. The monoisotopic (exact) mass is 1210 g/mol. The number of nitrogens with one attached hydrogen (secondary N) is 1. The Labute approximate surface area is 500 Å². The number of carbonyl (C=O) groups excluding carboxylic acids is 1. The number of fused-ring (bicyclic) bond motifs is 2. The lowest BCUT2D eigenvalue weighted by molar-refractivity contribution is -0.412. The standard InChI is InChI=1S/C62H61Cl3N4O15/c1-37-47(71-32-38-20-8-2-9-21-38)51(72-33-39-22-10-3-11-23-39)53(73-34-40-24-12-4-13-25-40)59(76-37)83-54-52(79-55(70)41-26-14-5-15-27-41)49-45(36-75-57(81-49)43-30-18-7-19-31-43)78-60(54)82-50-46(68-69-67)58(84-61(66)62(63,64)65)77-44-35-74-56(80-48(44)50)42-28-16-6-17-29-42/h2-31,37,44-54,56-60,66H,32-36H2,1H3/t37-,44+,45+,46+,47+,48-,49-,50+,51+,52-,53-,54+,56-,57-,58+,59-,60-/m0/s1. The third kappa shape index (κ3) is 14.4. The highest BCUT2D eigenvalue weighted by atomic mass is 35.6. The molecular weight excluding hydrogens is 1150 g/mol. The number of ether oxygens (including phenoxy) is 14. The Morgan fingerprint density at radius 2 is 0.964 bits per heavy atom. The van der Waals surface area contributed by atoms with Gasteiger partial charge in [0.1, 0.15) is 54.9 Å². The van der Waals surface area contributed by atoms with Crippen LogP contribution in [0.1, 0.15) is 57.7 Å². The summed E-state index contributed by atoms with van der Waals surface area (Å²) in [5.74, 6) is -1.58. The maximum absolute atomic E-state index is 14.8. The van der Waals surface area contributed by atoms with Gasteiger partial charge in [-0.25, -0.2) is 4.79 Å². The van der Waals surface area contributed by atoms with Crippen molar-refractivity contribution in [3.8, 4) is 0 Å². The molecule has 6 aromatic carbocycles. The Bertz CT molecular complexity index is 3110. The van der Waals surface area contributed by atoms with Gasteiger partial charge in [0, 0.05) is 16.0 Å². The molecule has 0 aliphatic carbocycles. The maximum Gasteiger partial charge on any atom is 0.338 e. The van der Waals surface area contributed by atoms with Crippen LogP contribution in [0.3, 0.4) is 0 Å². The molecule has 0 bridgehead atoms. The Hall–Kier alpha value is -6.04. The van der Waals surface area contributed by atoms with E-state index in [1.165, 1.54) is 0 Å². The summed E-state index contributed by atoms with van der Waals surface area (Å²) in [6.45, 7) is 2.07. The van der Waals surface area contributed by atoms with Gasteiger partial charge in [0.25, 0.3) is 3.79 Å². The SMILES string of the molecule is C[C@@H]1O[C@@H](O[C@H]2[C@H](O[C@@H]3[C@@H](N=[N+]=[N-])[C@@H](OC(=N)C(Cl)(Cl)Cl)O[C@@H]4CO[C@H](c5ccccc5)O[C@H]34)O[C@@H]3CO[C@H](c4ccccc4)O[C@@H]3[C@@H]2OC(=O)c2ccccc2)[C@@H](OCc2ccccc2)[C@H](OCc2ccccc2)[C@@H]1OCc1ccccc1. The molecule has 6 aromatic rings. The average molecular weight is 1210 g/mol. The fourth-order valence-electron chi connectivity index (χ4n) is 10.7. The van der Waals surface area contributed by atoms with Gasteiger partial charge < -0.3 is 66.3 Å². The van der Waals surface area contributed by atoms with Crippen LogP contribution in [0, 0.1) is 5.41 Å². The number of carbonyl (C=O) groups is 1. The van der Waals surface area contributed by atoms with Crippen molar-refractivity contribution in [3.05, 3.63) is 226 Å². The molecule has 0 saturated carbocycles. The molecule has 0 unspecified atom stereocenters. The number of nitrogens with zero attached hydrogens (tertiary/aromatic N) is 3. The molecule has 0 aromatic heterocycles. The van der Waals surface area contributed by atoms with Crippen LogP contribution in [0.4, 0.5) is 0 Å². The van der Waals surface area contributed by atoms with Gasteiger partial charge in [-0.15, -0.1) is 0 Å². The van der Waals surface area contributed by atoms with Crippen LogP contribution >= 0.6 is 34.8 Å². The minimum absolute atomic E-state index is 0.0721. The van der Waals surface area contributed by atoms with Crippen LogP contribution in [0.5, 0.6) is 0 Å². The first-order valence-corrected chi connectivity index (χ1v) is 28.6. The Morgan fingerprint density at radius 3 is 1.46 bits per heavy atom. The minimum atomic E-state index is -2.37. The number of esters is 1. The predicted octanol–water partition coefficient (Wildman–Crippen LogP) is 11.2. The van der Waals surface area contributed by atoms with E-state index in [1.807, 2.05) is 159 Å². The quantitative estimate of drug-likeness (QED) is 0.0152. The van der Waals surface area contributed by atoms with Crippen LogP contribution in [0.15, 0.2) is 187 Å². The van der Waals surface area contributed by atoms with E-state index in [1.54, 1.807) is 30.3 Å². The number of azide groups is 1. The molecule has 22 heteroatoms. The molecule has 5 fully saturated rings. The smallest absolute Gasteiger partial charge is 0.338 e. The lowest BCUT2D eigenvalue weighted by Gasteiger charge is -2.53. The fourth-order valence-corrected chi connectivity index (χ4v) is 10.9. The predicted molar refractivity (Wildman–Crippen MR) is 304 cm³/mol. The summed E-state index contributed by atoms with van der Waals surface area (Å²) in [4.78, 5) is 17.9. The van der Waals surface area contributed by atoms with Crippen molar-refractivity contribution in [1.29, 1.82) is 5.41 Å². The number of benzene rings is 6. The maximum atomic E-state index is 14.8. The van der Waals surface area contributed by atoms with Crippen molar-refractivity contribution in [2.45, 2.75) is 135 Å². The minimum Gasteiger partial charge on any atom is -0.453 e. The first-order chi connectivity index (χ1) is 41.0. The lowest BCUT2D eigenvalue weighted by Crippen LogP contribution is -2.69. The molecule has 5 aliphatic heterocycles. The molecule has 1 N–H and O–H groups in total. The number of alkyl halides is 3. The van der Waals surface area contributed by atoms with Crippen molar-refractivity contribution >= 4 is 46.7 Å². The van der Waals surface area contributed by atoms with Gasteiger partial charge in [0.2, 0.25) is 12.2 Å². The highest BCUT2D eigenvalue weighted by Gasteiger charge is 2.60. The molecule has 0 amide bonds. The van der Waals surface area contributed by atoms with Crippen molar-refractivity contribution in [2.24, 2.45) is 5.11 Å². The van der Waals surface area contributed by atoms with Crippen LogP contribution < -0.4 is 0 Å². The lowest BCUT2D eigenvalue weighted by atomic mass is 9.94. The fraction of sp³-hybridized carbons (Fsp3) is 0.387. The average Bonchev–Trinajstić information content (AvgIpc) is 3.14. The third-order valence-electron chi connectivity index (χ3n) is 14.8. The van der Waals surface area contributed by atoms with Crippen LogP contribution in [-0.2, 0) is 86.1 Å². The van der Waals surface area contributed by atoms with Crippen LogP contribution in [-0.4, -0.2) is 121 Å². The molecule has 17 atom stereocenters. The van der Waals surface area contributed by atoms with E-state index >= 15 is 0 Å². The highest BCUT2D eigenvalue weighted by Crippen LogP contribution is 2.44. The number of hydrogen-bond donors (Lipinski definition) is 1. The molecule has 5 heterocycles. The molecule has 0 spiro atoms. The molecule has 11 rings (SSSR count). The summed E-state index contributed by atoms with van der Waals surface area (Å²) in [5, 5.41) is 12.8. The molecule has 5 saturated heterocycles. The van der Waals surface area contributed by atoms with Gasteiger partial charge in [-0.05, 0) is 41.3 Å². The zero-order chi connectivity index (χ0) is 58.0. The molecule has 84 heavy (non-hydrogen) atoms. The molecule has 0 radical (unpaired) electrons. The van der Waals surface area contributed by atoms with Gasteiger partial charge in [-0.2, -0.15) is 0 Å². The summed E-state index contributed by atoms with van der Waals surface area (Å²) in [7, 11) is 0. The number of rotatable bonds is 19. The Morgan fingerprint density at radius 1 is 0.536 bits per heavy atom. The van der Waals surface area contributed by atoms with E-state index in [-0.39, 0.29) is 38.6 Å². The van der Waals surface area contributed by atoms with Crippen molar-refractivity contribution in [2.75, 3.05) is 13.2 Å².